The van der Waals surface area contributed by atoms with E-state index in [1.54, 1.807) is 6.20 Å². The van der Waals surface area contributed by atoms with E-state index in [0.29, 0.717) is 11.8 Å². The molecule has 0 amide bonds. The second kappa shape index (κ2) is 7.91. The molecule has 2 heterocycles. The molecule has 2 aromatic heterocycles. The van der Waals surface area contributed by atoms with Gasteiger partial charge in [0, 0.05) is 22.8 Å². The molecule has 0 spiro atoms. The lowest BCUT2D eigenvalue weighted by Gasteiger charge is -2.09. The number of ether oxygens (including phenoxy) is 1. The first-order chi connectivity index (χ1) is 15.1. The van der Waals surface area contributed by atoms with Crippen LogP contribution in [-0.2, 0) is 0 Å². The third kappa shape index (κ3) is 4.09. The average molecular weight is 407 g/mol. The molecule has 0 saturated heterocycles. The van der Waals surface area contributed by atoms with Crippen LogP contribution in [0, 0.1) is 13.8 Å². The number of anilines is 2. The molecular formula is C25H21N5O. The zero-order valence-electron chi connectivity index (χ0n) is 17.3. The fourth-order valence-corrected chi connectivity index (χ4v) is 3.43. The number of nitrogens with zero attached hydrogens (tertiary/aromatic N) is 3. The maximum atomic E-state index is 6.12. The molecule has 2 N–H and O–H groups in total. The Labute approximate surface area is 180 Å². The summed E-state index contributed by atoms with van der Waals surface area (Å²) in [5.74, 6) is 2.74. The maximum Gasteiger partial charge on any atom is 0.246 e. The second-order valence-corrected chi connectivity index (χ2v) is 7.46. The lowest BCUT2D eigenvalue weighted by atomic mass is 10.1. The van der Waals surface area contributed by atoms with Crippen molar-refractivity contribution in [1.82, 2.24) is 20.2 Å². The van der Waals surface area contributed by atoms with Gasteiger partial charge in [-0.05, 0) is 79.6 Å². The largest absolute Gasteiger partial charge is 0.457 e. The summed E-state index contributed by atoms with van der Waals surface area (Å²) in [5.41, 5.74) is 5.14. The van der Waals surface area contributed by atoms with Crippen LogP contribution >= 0.6 is 0 Å². The van der Waals surface area contributed by atoms with Crippen molar-refractivity contribution >= 4 is 22.5 Å². The van der Waals surface area contributed by atoms with Crippen LogP contribution in [0.1, 0.15) is 11.1 Å². The molecule has 0 unspecified atom stereocenters. The highest BCUT2D eigenvalue weighted by atomic mass is 16.5. The third-order valence-corrected chi connectivity index (χ3v) is 4.97. The minimum absolute atomic E-state index is 0.527. The van der Waals surface area contributed by atoms with Gasteiger partial charge in [0.05, 0.1) is 5.52 Å². The first kappa shape index (κ1) is 18.8. The third-order valence-electron chi connectivity index (χ3n) is 4.97. The van der Waals surface area contributed by atoms with E-state index in [1.165, 1.54) is 11.1 Å². The Morgan fingerprint density at radius 2 is 1.71 bits per heavy atom. The van der Waals surface area contributed by atoms with Crippen LogP contribution in [0.4, 0.5) is 11.6 Å². The molecule has 5 rings (SSSR count). The molecule has 0 fully saturated rings. The van der Waals surface area contributed by atoms with Crippen LogP contribution < -0.4 is 10.1 Å². The Bertz CT molecular complexity index is 1360. The van der Waals surface area contributed by atoms with Gasteiger partial charge in [-0.25, -0.2) is 0 Å². The Morgan fingerprint density at radius 3 is 2.55 bits per heavy atom. The standard InChI is InChI=1S/C25H21N5O/c1-16-4-3-5-19(14-16)27-25-28-24(29-30-25)18-7-9-20(10-8-18)31-23-12-13-26-22-15-17(2)6-11-21(22)23/h3-15H,1-2H3,(H2,27,28,29,30). The molecule has 6 heteroatoms. The second-order valence-electron chi connectivity index (χ2n) is 7.46. The summed E-state index contributed by atoms with van der Waals surface area (Å²) >= 11 is 0. The Morgan fingerprint density at radius 1 is 0.871 bits per heavy atom. The number of H-pyrrole nitrogens is 1. The smallest absolute Gasteiger partial charge is 0.246 e. The molecule has 0 aliphatic rings. The molecule has 0 atom stereocenters. The van der Waals surface area contributed by atoms with Crippen molar-refractivity contribution in [2.24, 2.45) is 0 Å². The van der Waals surface area contributed by atoms with Crippen LogP contribution in [0.25, 0.3) is 22.3 Å². The van der Waals surface area contributed by atoms with Gasteiger partial charge in [0.15, 0.2) is 5.82 Å². The van der Waals surface area contributed by atoms with E-state index in [-0.39, 0.29) is 0 Å². The quantitative estimate of drug-likeness (QED) is 0.364. The molecule has 0 aliphatic carbocycles. The SMILES string of the molecule is Cc1cccc(Nc2n[nH]c(-c3ccc(Oc4ccnc5cc(C)ccc45)cc3)n2)c1. The monoisotopic (exact) mass is 407 g/mol. The van der Waals surface area contributed by atoms with Crippen LogP contribution in [0.2, 0.25) is 0 Å². The van der Waals surface area contributed by atoms with Gasteiger partial charge < -0.3 is 10.1 Å². The van der Waals surface area contributed by atoms with E-state index in [1.807, 2.05) is 67.6 Å². The summed E-state index contributed by atoms with van der Waals surface area (Å²) < 4.78 is 6.12. The summed E-state index contributed by atoms with van der Waals surface area (Å²) in [6, 6.07) is 23.9. The van der Waals surface area contributed by atoms with Gasteiger partial charge in [-0.3, -0.25) is 10.1 Å². The molecule has 0 saturated carbocycles. The molecule has 5 aromatic rings. The normalized spacial score (nSPS) is 10.9. The first-order valence-corrected chi connectivity index (χ1v) is 10.0. The van der Waals surface area contributed by atoms with Crippen molar-refractivity contribution in [1.29, 1.82) is 0 Å². The van der Waals surface area contributed by atoms with Gasteiger partial charge >= 0.3 is 0 Å². The number of aromatic amines is 1. The van der Waals surface area contributed by atoms with Gasteiger partial charge in [-0.15, -0.1) is 5.10 Å². The van der Waals surface area contributed by atoms with Gasteiger partial charge in [0.1, 0.15) is 11.5 Å². The Hall–Kier alpha value is -4.19. The molecule has 6 nitrogen and oxygen atoms in total. The van der Waals surface area contributed by atoms with Crippen molar-refractivity contribution in [3.63, 3.8) is 0 Å². The summed E-state index contributed by atoms with van der Waals surface area (Å²) in [6.45, 7) is 4.10. The lowest BCUT2D eigenvalue weighted by molar-refractivity contribution is 0.488. The van der Waals surface area contributed by atoms with Crippen molar-refractivity contribution in [2.75, 3.05) is 5.32 Å². The van der Waals surface area contributed by atoms with Crippen LogP contribution in [0.3, 0.4) is 0 Å². The number of aromatic nitrogens is 4. The average Bonchev–Trinajstić information content (AvgIpc) is 3.23. The number of hydrogen-bond acceptors (Lipinski definition) is 5. The molecule has 3 aromatic carbocycles. The lowest BCUT2D eigenvalue weighted by Crippen LogP contribution is -1.92. The Kier molecular flexibility index (Phi) is 4.80. The summed E-state index contributed by atoms with van der Waals surface area (Å²) in [5, 5.41) is 11.4. The molecular weight excluding hydrogens is 386 g/mol. The number of nitrogens with one attached hydrogen (secondary N) is 2. The van der Waals surface area contributed by atoms with Gasteiger partial charge in [-0.1, -0.05) is 18.2 Å². The van der Waals surface area contributed by atoms with Crippen LogP contribution in [0.15, 0.2) is 79.0 Å². The summed E-state index contributed by atoms with van der Waals surface area (Å²) in [4.78, 5) is 8.97. The number of aryl methyl sites for hydroxylation is 2. The number of hydrogen-bond donors (Lipinski definition) is 2. The fourth-order valence-electron chi connectivity index (χ4n) is 3.43. The van der Waals surface area contributed by atoms with Gasteiger partial charge in [0.25, 0.3) is 0 Å². The molecule has 31 heavy (non-hydrogen) atoms. The number of pyridine rings is 1. The van der Waals surface area contributed by atoms with Gasteiger partial charge in [-0.2, -0.15) is 4.98 Å². The fraction of sp³-hybridized carbons (Fsp3) is 0.0800. The molecule has 0 aliphatic heterocycles. The van der Waals surface area contributed by atoms with E-state index in [9.17, 15) is 0 Å². The van der Waals surface area contributed by atoms with Gasteiger partial charge in [0.2, 0.25) is 5.95 Å². The molecule has 0 radical (unpaired) electrons. The predicted molar refractivity (Wildman–Crippen MR) is 123 cm³/mol. The summed E-state index contributed by atoms with van der Waals surface area (Å²) in [6.07, 6.45) is 1.77. The van der Waals surface area contributed by atoms with Crippen molar-refractivity contribution in [3.05, 3.63) is 90.1 Å². The maximum absolute atomic E-state index is 6.12. The Balaban J connectivity index is 1.33. The minimum atomic E-state index is 0.527. The predicted octanol–water partition coefficient (Wildman–Crippen LogP) is 6.17. The highest BCUT2D eigenvalue weighted by molar-refractivity contribution is 5.85. The highest BCUT2D eigenvalue weighted by Crippen LogP contribution is 2.30. The van der Waals surface area contributed by atoms with E-state index in [2.05, 4.69) is 44.5 Å². The topological polar surface area (TPSA) is 75.7 Å². The van der Waals surface area contributed by atoms with E-state index in [4.69, 9.17) is 4.74 Å². The number of benzene rings is 3. The zero-order valence-corrected chi connectivity index (χ0v) is 17.3. The van der Waals surface area contributed by atoms with Crippen molar-refractivity contribution in [2.45, 2.75) is 13.8 Å². The zero-order chi connectivity index (χ0) is 21.2. The molecule has 0 bridgehead atoms. The van der Waals surface area contributed by atoms with E-state index < -0.39 is 0 Å². The molecule has 152 valence electrons. The number of fused-ring (bicyclic) bond motifs is 1. The van der Waals surface area contributed by atoms with Crippen LogP contribution in [-0.4, -0.2) is 20.2 Å². The van der Waals surface area contributed by atoms with E-state index >= 15 is 0 Å². The van der Waals surface area contributed by atoms with Crippen LogP contribution in [0.5, 0.6) is 11.5 Å². The number of rotatable bonds is 5. The van der Waals surface area contributed by atoms with Crippen molar-refractivity contribution in [3.8, 4) is 22.9 Å². The summed E-state index contributed by atoms with van der Waals surface area (Å²) in [7, 11) is 0. The minimum Gasteiger partial charge on any atom is -0.457 e. The first-order valence-electron chi connectivity index (χ1n) is 10.0. The van der Waals surface area contributed by atoms with E-state index in [0.717, 1.165) is 33.7 Å². The van der Waals surface area contributed by atoms with Crippen molar-refractivity contribution < 1.29 is 4.74 Å². The highest BCUT2D eigenvalue weighted by Gasteiger charge is 2.08.